The molecule has 128 valence electrons. The molecule has 26 heavy (non-hydrogen) atoms. The van der Waals surface area contributed by atoms with Gasteiger partial charge in [-0.25, -0.2) is 9.97 Å². The Hall–Kier alpha value is -3.32. The Morgan fingerprint density at radius 2 is 1.88 bits per heavy atom. The van der Waals surface area contributed by atoms with E-state index >= 15 is 0 Å². The number of benzene rings is 1. The summed E-state index contributed by atoms with van der Waals surface area (Å²) in [5.74, 6) is -0.565. The number of hydrogen-bond donors (Lipinski definition) is 1. The van der Waals surface area contributed by atoms with Gasteiger partial charge < -0.3 is 5.32 Å². The third kappa shape index (κ3) is 2.68. The minimum absolute atomic E-state index is 0.118. The van der Waals surface area contributed by atoms with E-state index in [2.05, 4.69) is 15.3 Å². The molecule has 1 amide bonds. The van der Waals surface area contributed by atoms with E-state index in [0.29, 0.717) is 10.5 Å². The molecule has 4 aromatic rings. The molecule has 3 heterocycles. The van der Waals surface area contributed by atoms with Gasteiger partial charge in [0.2, 0.25) is 5.43 Å². The van der Waals surface area contributed by atoms with Crippen LogP contribution < -0.4 is 16.3 Å². The molecule has 4 rings (SSSR count). The third-order valence-electron chi connectivity index (χ3n) is 4.04. The number of carbonyl (C=O) groups is 1. The van der Waals surface area contributed by atoms with Crippen molar-refractivity contribution in [3.8, 4) is 0 Å². The van der Waals surface area contributed by atoms with Gasteiger partial charge in [-0.15, -0.1) is 0 Å². The van der Waals surface area contributed by atoms with E-state index in [1.54, 1.807) is 24.3 Å². The van der Waals surface area contributed by atoms with Gasteiger partial charge >= 0.3 is 0 Å². The van der Waals surface area contributed by atoms with Gasteiger partial charge in [-0.2, -0.15) is 0 Å². The first kappa shape index (κ1) is 16.2. The van der Waals surface area contributed by atoms with Crippen LogP contribution in [-0.4, -0.2) is 20.3 Å². The van der Waals surface area contributed by atoms with Crippen LogP contribution in [0.1, 0.15) is 15.9 Å². The molecule has 0 fully saturated rings. The van der Waals surface area contributed by atoms with Gasteiger partial charge in [0, 0.05) is 24.0 Å². The highest BCUT2D eigenvalue weighted by molar-refractivity contribution is 6.30. The molecular formula is C18H11ClN4O3. The van der Waals surface area contributed by atoms with Crippen molar-refractivity contribution in [3.63, 3.8) is 0 Å². The first-order valence-electron chi connectivity index (χ1n) is 7.70. The summed E-state index contributed by atoms with van der Waals surface area (Å²) in [6.45, 7) is 0.227. The zero-order chi connectivity index (χ0) is 18.3. The van der Waals surface area contributed by atoms with Crippen LogP contribution in [-0.2, 0) is 6.54 Å². The molecule has 7 nitrogen and oxygen atoms in total. The van der Waals surface area contributed by atoms with E-state index in [1.807, 2.05) is 0 Å². The van der Waals surface area contributed by atoms with E-state index < -0.39 is 16.9 Å². The van der Waals surface area contributed by atoms with Crippen molar-refractivity contribution in [2.45, 2.75) is 6.54 Å². The first-order chi connectivity index (χ1) is 12.5. The van der Waals surface area contributed by atoms with Crippen molar-refractivity contribution in [2.24, 2.45) is 0 Å². The fraction of sp³-hybridized carbons (Fsp3) is 0.0556. The molecule has 0 saturated carbocycles. The summed E-state index contributed by atoms with van der Waals surface area (Å²) in [5.41, 5.74) is 0.374. The Balaban J connectivity index is 1.76. The fourth-order valence-electron chi connectivity index (χ4n) is 2.75. The average Bonchev–Trinajstić information content (AvgIpc) is 2.65. The molecule has 0 saturated heterocycles. The summed E-state index contributed by atoms with van der Waals surface area (Å²) in [6.07, 6.45) is 3.77. The van der Waals surface area contributed by atoms with Crippen LogP contribution >= 0.6 is 11.6 Å². The lowest BCUT2D eigenvalue weighted by Gasteiger charge is -2.09. The molecule has 1 aromatic carbocycles. The Labute approximate surface area is 151 Å². The highest BCUT2D eigenvalue weighted by Gasteiger charge is 2.17. The minimum atomic E-state index is -0.565. The molecule has 0 unspecified atom stereocenters. The molecule has 0 aliphatic rings. The molecule has 0 aliphatic carbocycles. The van der Waals surface area contributed by atoms with E-state index in [4.69, 9.17) is 11.6 Å². The van der Waals surface area contributed by atoms with Crippen LogP contribution in [0.15, 0.2) is 58.5 Å². The number of rotatable bonds is 3. The molecule has 3 aromatic heterocycles. The van der Waals surface area contributed by atoms with E-state index in [0.717, 1.165) is 11.8 Å². The summed E-state index contributed by atoms with van der Waals surface area (Å²) >= 11 is 5.83. The van der Waals surface area contributed by atoms with Crippen molar-refractivity contribution in [3.05, 3.63) is 85.6 Å². The number of amides is 1. The molecule has 0 aliphatic heterocycles. The summed E-state index contributed by atoms with van der Waals surface area (Å²) in [4.78, 5) is 45.3. The lowest BCUT2D eigenvalue weighted by atomic mass is 10.1. The largest absolute Gasteiger partial charge is 0.348 e. The van der Waals surface area contributed by atoms with Crippen LogP contribution in [0.25, 0.3) is 16.6 Å². The maximum atomic E-state index is 12.7. The van der Waals surface area contributed by atoms with Gasteiger partial charge in [-0.05, 0) is 23.8 Å². The monoisotopic (exact) mass is 366 g/mol. The van der Waals surface area contributed by atoms with Gasteiger partial charge in [0.25, 0.3) is 11.5 Å². The fourth-order valence-corrected chi connectivity index (χ4v) is 2.88. The van der Waals surface area contributed by atoms with Crippen molar-refractivity contribution < 1.29 is 4.79 Å². The smallest absolute Gasteiger partial charge is 0.273 e. The first-order valence-corrected chi connectivity index (χ1v) is 8.08. The molecule has 8 heteroatoms. The Morgan fingerprint density at radius 3 is 2.65 bits per heavy atom. The summed E-state index contributed by atoms with van der Waals surface area (Å²) in [6, 6.07) is 8.45. The number of pyridine rings is 2. The molecule has 0 bridgehead atoms. The van der Waals surface area contributed by atoms with E-state index in [1.165, 1.54) is 22.9 Å². The highest BCUT2D eigenvalue weighted by Crippen LogP contribution is 2.13. The third-order valence-corrected chi connectivity index (χ3v) is 4.29. The van der Waals surface area contributed by atoms with Gasteiger partial charge in [-0.3, -0.25) is 18.8 Å². The molecule has 0 atom stereocenters. The number of nitrogens with zero attached hydrogens (tertiary/aromatic N) is 3. The van der Waals surface area contributed by atoms with Crippen molar-refractivity contribution >= 4 is 34.1 Å². The van der Waals surface area contributed by atoms with Gasteiger partial charge in [0.15, 0.2) is 5.65 Å². The highest BCUT2D eigenvalue weighted by atomic mass is 35.5. The lowest BCUT2D eigenvalue weighted by Crippen LogP contribution is -2.30. The summed E-state index contributed by atoms with van der Waals surface area (Å²) in [7, 11) is 0. The summed E-state index contributed by atoms with van der Waals surface area (Å²) < 4.78 is 1.23. The van der Waals surface area contributed by atoms with Crippen LogP contribution in [0.5, 0.6) is 0 Å². The van der Waals surface area contributed by atoms with Crippen LogP contribution in [0.2, 0.25) is 5.02 Å². The van der Waals surface area contributed by atoms with Gasteiger partial charge in [0.1, 0.15) is 11.1 Å². The van der Waals surface area contributed by atoms with Crippen LogP contribution in [0.3, 0.4) is 0 Å². The Bertz CT molecular complexity index is 1250. The maximum absolute atomic E-state index is 12.7. The van der Waals surface area contributed by atoms with Gasteiger partial charge in [0.05, 0.1) is 11.6 Å². The number of hydrogen-bond acceptors (Lipinski definition) is 5. The van der Waals surface area contributed by atoms with Crippen LogP contribution in [0, 0.1) is 0 Å². The quantitative estimate of drug-likeness (QED) is 0.594. The predicted molar refractivity (Wildman–Crippen MR) is 96.8 cm³/mol. The Kier molecular flexibility index (Phi) is 3.85. The van der Waals surface area contributed by atoms with Crippen molar-refractivity contribution in [1.29, 1.82) is 0 Å². The molecule has 0 radical (unpaired) electrons. The number of aromatic nitrogens is 3. The average molecular weight is 367 g/mol. The van der Waals surface area contributed by atoms with E-state index in [9.17, 15) is 14.4 Å². The molecular weight excluding hydrogens is 356 g/mol. The second-order valence-electron chi connectivity index (χ2n) is 5.68. The van der Waals surface area contributed by atoms with Crippen molar-refractivity contribution in [1.82, 2.24) is 19.7 Å². The SMILES string of the molecule is O=C(NCc1ccc(Cl)cc1)c1cn2c(=O)cnc3nccc(c1=O)c32. The standard InChI is InChI=1S/C18H11ClN4O3/c19-11-3-1-10(2-4-11)7-22-18(26)13-9-23-14(24)8-21-17-15(23)12(16(13)25)5-6-20-17/h1-6,8-9H,7H2,(H,22,26). The van der Waals surface area contributed by atoms with Crippen molar-refractivity contribution in [2.75, 3.05) is 0 Å². The zero-order valence-corrected chi connectivity index (χ0v) is 14.0. The second kappa shape index (κ2) is 6.20. The Morgan fingerprint density at radius 1 is 1.12 bits per heavy atom. The second-order valence-corrected chi connectivity index (χ2v) is 6.11. The molecule has 0 spiro atoms. The zero-order valence-electron chi connectivity index (χ0n) is 13.3. The van der Waals surface area contributed by atoms with Gasteiger partial charge in [-0.1, -0.05) is 23.7 Å². The van der Waals surface area contributed by atoms with E-state index in [-0.39, 0.29) is 23.1 Å². The summed E-state index contributed by atoms with van der Waals surface area (Å²) in [5, 5.41) is 3.50. The number of halogens is 1. The number of nitrogens with one attached hydrogen (secondary N) is 1. The maximum Gasteiger partial charge on any atom is 0.273 e. The predicted octanol–water partition coefficient (Wildman–Crippen LogP) is 1.62. The lowest BCUT2D eigenvalue weighted by molar-refractivity contribution is 0.0949. The number of carbonyl (C=O) groups excluding carboxylic acids is 1. The van der Waals surface area contributed by atoms with Crippen LogP contribution in [0.4, 0.5) is 0 Å². The normalized spacial score (nSPS) is 11.1. The topological polar surface area (TPSA) is 93.4 Å². The molecule has 1 N–H and O–H groups in total. The minimum Gasteiger partial charge on any atom is -0.348 e.